The van der Waals surface area contributed by atoms with Crippen molar-refractivity contribution in [3.63, 3.8) is 0 Å². The van der Waals surface area contributed by atoms with Gasteiger partial charge in [-0.25, -0.2) is 4.79 Å². The summed E-state index contributed by atoms with van der Waals surface area (Å²) < 4.78 is 15.7. The van der Waals surface area contributed by atoms with Crippen molar-refractivity contribution < 1.29 is 19.0 Å². The largest absolute Gasteiger partial charge is 0.497 e. The number of ether oxygens (including phenoxy) is 3. The van der Waals surface area contributed by atoms with Gasteiger partial charge in [-0.15, -0.1) is 0 Å². The molecule has 1 aromatic carbocycles. The van der Waals surface area contributed by atoms with E-state index in [-0.39, 0.29) is 5.97 Å². The molecule has 1 atom stereocenters. The molecule has 1 heterocycles. The molecule has 0 radical (unpaired) electrons. The number of carbonyl (C=O) groups is 1. The minimum atomic E-state index is -0.644. The van der Waals surface area contributed by atoms with Crippen LogP contribution in [0, 0.1) is 6.92 Å². The minimum Gasteiger partial charge on any atom is -0.497 e. The third-order valence-electron chi connectivity index (χ3n) is 2.44. The van der Waals surface area contributed by atoms with Crippen LogP contribution in [-0.2, 0) is 9.53 Å². The summed E-state index contributed by atoms with van der Waals surface area (Å²) in [6.07, 6.45) is 1.01. The van der Waals surface area contributed by atoms with Gasteiger partial charge in [0.05, 0.1) is 7.11 Å². The van der Waals surface area contributed by atoms with Crippen LogP contribution in [0.15, 0.2) is 29.8 Å². The van der Waals surface area contributed by atoms with Crippen molar-refractivity contribution in [2.24, 2.45) is 0 Å². The van der Waals surface area contributed by atoms with Crippen LogP contribution in [0.2, 0.25) is 0 Å². The number of rotatable bonds is 3. The van der Waals surface area contributed by atoms with E-state index in [1.165, 1.54) is 0 Å². The molecule has 4 heteroatoms. The van der Waals surface area contributed by atoms with E-state index < -0.39 is 6.29 Å². The van der Waals surface area contributed by atoms with Crippen LogP contribution in [0.5, 0.6) is 11.5 Å². The van der Waals surface area contributed by atoms with Gasteiger partial charge in [-0.05, 0) is 31.5 Å². The van der Waals surface area contributed by atoms with Gasteiger partial charge in [0.1, 0.15) is 11.5 Å². The second-order valence-electron chi connectivity index (χ2n) is 3.93. The van der Waals surface area contributed by atoms with E-state index in [9.17, 15) is 4.79 Å². The molecule has 1 aliphatic heterocycles. The Morgan fingerprint density at radius 3 is 2.47 bits per heavy atom. The van der Waals surface area contributed by atoms with Crippen molar-refractivity contribution in [3.8, 4) is 11.5 Å². The molecule has 1 aromatic rings. The molecular weight excluding hydrogens is 220 g/mol. The summed E-state index contributed by atoms with van der Waals surface area (Å²) in [6, 6.07) is 5.51. The first-order valence-corrected chi connectivity index (χ1v) is 5.30. The van der Waals surface area contributed by atoms with Gasteiger partial charge in [0, 0.05) is 17.7 Å². The molecular formula is C13H14O4. The van der Waals surface area contributed by atoms with E-state index in [0.717, 1.165) is 5.56 Å². The SMILES string of the molecule is COc1cc(C)cc(OC2C=C(C)C(=O)O2)c1. The maximum Gasteiger partial charge on any atom is 0.336 e. The second-order valence-corrected chi connectivity index (χ2v) is 3.93. The van der Waals surface area contributed by atoms with E-state index in [1.807, 2.05) is 19.1 Å². The van der Waals surface area contributed by atoms with E-state index in [2.05, 4.69) is 0 Å². The molecule has 0 fully saturated rings. The summed E-state index contributed by atoms with van der Waals surface area (Å²) in [7, 11) is 1.60. The van der Waals surface area contributed by atoms with Crippen LogP contribution in [0.25, 0.3) is 0 Å². The summed E-state index contributed by atoms with van der Waals surface area (Å²) in [4.78, 5) is 11.2. The predicted octanol–water partition coefficient (Wildman–Crippen LogP) is 2.21. The number of benzene rings is 1. The number of aryl methyl sites for hydroxylation is 1. The molecule has 1 aliphatic rings. The summed E-state index contributed by atoms with van der Waals surface area (Å²) in [6.45, 7) is 3.64. The number of esters is 1. The summed E-state index contributed by atoms with van der Waals surface area (Å²) >= 11 is 0. The number of carbonyl (C=O) groups excluding carboxylic acids is 1. The lowest BCUT2D eigenvalue weighted by Crippen LogP contribution is -2.15. The first kappa shape index (κ1) is 11.5. The summed E-state index contributed by atoms with van der Waals surface area (Å²) in [5.41, 5.74) is 1.58. The van der Waals surface area contributed by atoms with Crippen molar-refractivity contribution in [1.29, 1.82) is 0 Å². The zero-order valence-corrected chi connectivity index (χ0v) is 10.0. The zero-order valence-electron chi connectivity index (χ0n) is 10.0. The first-order chi connectivity index (χ1) is 8.08. The highest BCUT2D eigenvalue weighted by atomic mass is 16.7. The van der Waals surface area contributed by atoms with Gasteiger partial charge in [-0.1, -0.05) is 0 Å². The Morgan fingerprint density at radius 1 is 1.18 bits per heavy atom. The van der Waals surface area contributed by atoms with Crippen molar-refractivity contribution in [2.75, 3.05) is 7.11 Å². The Hall–Kier alpha value is -1.97. The number of methoxy groups -OCH3 is 1. The van der Waals surface area contributed by atoms with Crippen molar-refractivity contribution >= 4 is 5.97 Å². The van der Waals surface area contributed by atoms with Gasteiger partial charge in [-0.2, -0.15) is 0 Å². The maximum absolute atomic E-state index is 11.2. The predicted molar refractivity (Wildman–Crippen MR) is 62.0 cm³/mol. The summed E-state index contributed by atoms with van der Waals surface area (Å²) in [5.74, 6) is 0.991. The highest BCUT2D eigenvalue weighted by Gasteiger charge is 2.23. The topological polar surface area (TPSA) is 44.8 Å². The number of hydrogen-bond acceptors (Lipinski definition) is 4. The standard InChI is InChI=1S/C13H14O4/c1-8-4-10(15-3)7-11(5-8)16-12-6-9(2)13(14)17-12/h4-7,12H,1-3H3. The van der Waals surface area contributed by atoms with Crippen molar-refractivity contribution in [1.82, 2.24) is 0 Å². The molecule has 2 rings (SSSR count). The van der Waals surface area contributed by atoms with Gasteiger partial charge in [0.2, 0.25) is 0 Å². The van der Waals surface area contributed by atoms with Crippen LogP contribution < -0.4 is 9.47 Å². The van der Waals surface area contributed by atoms with Gasteiger partial charge >= 0.3 is 5.97 Å². The molecule has 0 bridgehead atoms. The second kappa shape index (κ2) is 4.49. The van der Waals surface area contributed by atoms with E-state index in [0.29, 0.717) is 17.1 Å². The van der Waals surface area contributed by atoms with E-state index >= 15 is 0 Å². The normalized spacial score (nSPS) is 18.6. The zero-order chi connectivity index (χ0) is 12.4. The first-order valence-electron chi connectivity index (χ1n) is 5.30. The van der Waals surface area contributed by atoms with Crippen molar-refractivity contribution in [2.45, 2.75) is 20.1 Å². The smallest absolute Gasteiger partial charge is 0.336 e. The Morgan fingerprint density at radius 2 is 1.88 bits per heavy atom. The molecule has 90 valence electrons. The lowest BCUT2D eigenvalue weighted by atomic mass is 10.2. The molecule has 0 aliphatic carbocycles. The molecule has 4 nitrogen and oxygen atoms in total. The Labute approximate surface area is 99.8 Å². The summed E-state index contributed by atoms with van der Waals surface area (Å²) in [5, 5.41) is 0. The molecule has 0 N–H and O–H groups in total. The number of hydrogen-bond donors (Lipinski definition) is 0. The van der Waals surface area contributed by atoms with Gasteiger partial charge in [-0.3, -0.25) is 0 Å². The van der Waals surface area contributed by atoms with Gasteiger partial charge < -0.3 is 14.2 Å². The molecule has 0 spiro atoms. The molecule has 0 saturated heterocycles. The lowest BCUT2D eigenvalue weighted by molar-refractivity contribution is -0.148. The number of cyclic esters (lactones) is 1. The van der Waals surface area contributed by atoms with Gasteiger partial charge in [0.25, 0.3) is 6.29 Å². The monoisotopic (exact) mass is 234 g/mol. The fourth-order valence-electron chi connectivity index (χ4n) is 1.60. The molecule has 1 unspecified atom stereocenters. The Bertz CT molecular complexity index is 476. The molecule has 17 heavy (non-hydrogen) atoms. The molecule has 0 aromatic heterocycles. The van der Waals surface area contributed by atoms with Crippen LogP contribution in [0.3, 0.4) is 0 Å². The quantitative estimate of drug-likeness (QED) is 0.752. The van der Waals surface area contributed by atoms with Gasteiger partial charge in [0.15, 0.2) is 0 Å². The Kier molecular flexibility index (Phi) is 3.04. The average Bonchev–Trinajstić information content (AvgIpc) is 2.57. The Balaban J connectivity index is 2.14. The van der Waals surface area contributed by atoms with Crippen LogP contribution >= 0.6 is 0 Å². The minimum absolute atomic E-state index is 0.338. The van der Waals surface area contributed by atoms with Crippen molar-refractivity contribution in [3.05, 3.63) is 35.4 Å². The molecule has 0 saturated carbocycles. The molecule has 0 amide bonds. The third kappa shape index (κ3) is 2.58. The van der Waals surface area contributed by atoms with E-state index in [1.54, 1.807) is 26.2 Å². The highest BCUT2D eigenvalue weighted by Crippen LogP contribution is 2.25. The lowest BCUT2D eigenvalue weighted by Gasteiger charge is -2.13. The highest BCUT2D eigenvalue weighted by molar-refractivity contribution is 5.90. The fourth-order valence-corrected chi connectivity index (χ4v) is 1.60. The van der Waals surface area contributed by atoms with Crippen LogP contribution in [0.1, 0.15) is 12.5 Å². The average molecular weight is 234 g/mol. The third-order valence-corrected chi connectivity index (χ3v) is 2.44. The fraction of sp³-hybridized carbons (Fsp3) is 0.308. The van der Waals surface area contributed by atoms with E-state index in [4.69, 9.17) is 14.2 Å². The van der Waals surface area contributed by atoms with Crippen LogP contribution in [0.4, 0.5) is 0 Å². The maximum atomic E-state index is 11.2. The van der Waals surface area contributed by atoms with Crippen LogP contribution in [-0.4, -0.2) is 19.4 Å².